The van der Waals surface area contributed by atoms with Crippen molar-refractivity contribution in [2.45, 2.75) is 26.4 Å². The molecule has 0 bridgehead atoms. The van der Waals surface area contributed by atoms with Crippen LogP contribution in [0.3, 0.4) is 0 Å². The van der Waals surface area contributed by atoms with E-state index in [-0.39, 0.29) is 11.5 Å². The zero-order valence-electron chi connectivity index (χ0n) is 10.6. The third-order valence-corrected chi connectivity index (χ3v) is 2.71. The molecular formula is C12H16N4O3. The Labute approximate surface area is 109 Å². The normalized spacial score (nSPS) is 10.6. The second-order valence-corrected chi connectivity index (χ2v) is 4.10. The Balaban J connectivity index is 2.31. The highest BCUT2D eigenvalue weighted by Gasteiger charge is 2.11. The fourth-order valence-corrected chi connectivity index (χ4v) is 1.79. The van der Waals surface area contributed by atoms with Crippen molar-refractivity contribution in [2.75, 3.05) is 11.1 Å². The van der Waals surface area contributed by atoms with Gasteiger partial charge in [0.2, 0.25) is 0 Å². The minimum Gasteiger partial charge on any atom is -0.467 e. The summed E-state index contributed by atoms with van der Waals surface area (Å²) in [7, 11) is 0. The Bertz CT molecular complexity index is 655. The van der Waals surface area contributed by atoms with Crippen molar-refractivity contribution >= 4 is 11.5 Å². The number of furan rings is 1. The van der Waals surface area contributed by atoms with Gasteiger partial charge in [0.15, 0.2) is 0 Å². The van der Waals surface area contributed by atoms with Crippen LogP contribution < -0.4 is 22.3 Å². The first kappa shape index (κ1) is 13.0. The van der Waals surface area contributed by atoms with Crippen molar-refractivity contribution in [3.05, 3.63) is 45.0 Å². The van der Waals surface area contributed by atoms with Gasteiger partial charge >= 0.3 is 5.69 Å². The van der Waals surface area contributed by atoms with Gasteiger partial charge in [0, 0.05) is 6.54 Å². The maximum atomic E-state index is 11.7. The van der Waals surface area contributed by atoms with Gasteiger partial charge in [-0.2, -0.15) is 0 Å². The molecular weight excluding hydrogens is 248 g/mol. The number of H-pyrrole nitrogens is 1. The van der Waals surface area contributed by atoms with E-state index < -0.39 is 11.2 Å². The first-order valence-corrected chi connectivity index (χ1v) is 6.02. The number of rotatable bonds is 5. The van der Waals surface area contributed by atoms with Crippen LogP contribution in [0.1, 0.15) is 19.1 Å². The van der Waals surface area contributed by atoms with Gasteiger partial charge in [-0.25, -0.2) is 4.79 Å². The number of hydrogen-bond acceptors (Lipinski definition) is 5. The van der Waals surface area contributed by atoms with E-state index in [2.05, 4.69) is 10.3 Å². The number of nitrogens with zero attached hydrogens (tertiary/aromatic N) is 1. The predicted molar refractivity (Wildman–Crippen MR) is 72.1 cm³/mol. The topological polar surface area (TPSA) is 106 Å². The van der Waals surface area contributed by atoms with Gasteiger partial charge < -0.3 is 15.5 Å². The molecule has 0 saturated heterocycles. The Kier molecular flexibility index (Phi) is 3.74. The molecule has 2 aromatic heterocycles. The van der Waals surface area contributed by atoms with E-state index in [1.807, 2.05) is 6.92 Å². The highest BCUT2D eigenvalue weighted by Crippen LogP contribution is 2.12. The zero-order chi connectivity index (χ0) is 13.8. The second kappa shape index (κ2) is 5.47. The first-order valence-electron chi connectivity index (χ1n) is 6.02. The molecule has 0 unspecified atom stereocenters. The van der Waals surface area contributed by atoms with E-state index >= 15 is 0 Å². The quantitative estimate of drug-likeness (QED) is 0.738. The molecule has 0 aliphatic rings. The third kappa shape index (κ3) is 2.70. The van der Waals surface area contributed by atoms with Crippen LogP contribution in [0.5, 0.6) is 0 Å². The monoisotopic (exact) mass is 264 g/mol. The van der Waals surface area contributed by atoms with Crippen molar-refractivity contribution in [1.82, 2.24) is 9.55 Å². The maximum absolute atomic E-state index is 11.7. The molecule has 0 aliphatic heterocycles. The van der Waals surface area contributed by atoms with Gasteiger partial charge in [0.1, 0.15) is 17.3 Å². The highest BCUT2D eigenvalue weighted by molar-refractivity contribution is 5.60. The molecule has 7 heteroatoms. The summed E-state index contributed by atoms with van der Waals surface area (Å²) in [5.74, 6) is 0.814. The molecule has 2 heterocycles. The SMILES string of the molecule is CCCn1c(N)c(NCc2ccco2)c(=O)[nH]c1=O. The van der Waals surface area contributed by atoms with Crippen molar-refractivity contribution in [3.63, 3.8) is 0 Å². The van der Waals surface area contributed by atoms with Gasteiger partial charge in [-0.1, -0.05) is 6.92 Å². The summed E-state index contributed by atoms with van der Waals surface area (Å²) in [5.41, 5.74) is 5.03. The molecule has 2 rings (SSSR count). The predicted octanol–water partition coefficient (Wildman–Crippen LogP) is 0.734. The zero-order valence-corrected chi connectivity index (χ0v) is 10.6. The summed E-state index contributed by atoms with van der Waals surface area (Å²) < 4.78 is 6.49. The molecule has 102 valence electrons. The number of anilines is 2. The lowest BCUT2D eigenvalue weighted by molar-refractivity contribution is 0.518. The highest BCUT2D eigenvalue weighted by atomic mass is 16.3. The van der Waals surface area contributed by atoms with Gasteiger partial charge in [-0.3, -0.25) is 14.3 Å². The third-order valence-electron chi connectivity index (χ3n) is 2.71. The molecule has 0 aliphatic carbocycles. The van der Waals surface area contributed by atoms with Crippen LogP contribution in [0.4, 0.5) is 11.5 Å². The molecule has 0 atom stereocenters. The van der Waals surface area contributed by atoms with Crippen molar-refractivity contribution < 1.29 is 4.42 Å². The molecule has 0 saturated carbocycles. The van der Waals surface area contributed by atoms with Gasteiger partial charge in [0.25, 0.3) is 5.56 Å². The van der Waals surface area contributed by atoms with E-state index in [0.717, 1.165) is 6.42 Å². The van der Waals surface area contributed by atoms with Crippen LogP contribution in [0.25, 0.3) is 0 Å². The fourth-order valence-electron chi connectivity index (χ4n) is 1.79. The number of nitrogen functional groups attached to an aromatic ring is 1. The first-order chi connectivity index (χ1) is 9.13. The van der Waals surface area contributed by atoms with Gasteiger partial charge in [0.05, 0.1) is 12.8 Å². The summed E-state index contributed by atoms with van der Waals surface area (Å²) in [5, 5.41) is 2.89. The van der Waals surface area contributed by atoms with Crippen molar-refractivity contribution in [2.24, 2.45) is 0 Å². The lowest BCUT2D eigenvalue weighted by atomic mass is 10.3. The Morgan fingerprint density at radius 1 is 1.47 bits per heavy atom. The van der Waals surface area contributed by atoms with Crippen LogP contribution in [-0.2, 0) is 13.1 Å². The average molecular weight is 264 g/mol. The Morgan fingerprint density at radius 3 is 2.89 bits per heavy atom. The van der Waals surface area contributed by atoms with Crippen molar-refractivity contribution in [3.8, 4) is 0 Å². The number of hydrogen-bond donors (Lipinski definition) is 3. The van der Waals surface area contributed by atoms with Crippen LogP contribution in [-0.4, -0.2) is 9.55 Å². The molecule has 0 spiro atoms. The molecule has 0 amide bonds. The van der Waals surface area contributed by atoms with E-state index in [1.165, 1.54) is 4.57 Å². The van der Waals surface area contributed by atoms with E-state index in [0.29, 0.717) is 18.8 Å². The number of aromatic amines is 1. The molecule has 4 N–H and O–H groups in total. The molecule has 7 nitrogen and oxygen atoms in total. The lowest BCUT2D eigenvalue weighted by Gasteiger charge is -2.12. The minimum atomic E-state index is -0.526. The van der Waals surface area contributed by atoms with Crippen LogP contribution in [0.2, 0.25) is 0 Å². The van der Waals surface area contributed by atoms with Crippen LogP contribution in [0, 0.1) is 0 Å². The van der Waals surface area contributed by atoms with E-state index in [1.54, 1.807) is 18.4 Å². The number of aromatic nitrogens is 2. The molecule has 19 heavy (non-hydrogen) atoms. The van der Waals surface area contributed by atoms with Gasteiger partial charge in [-0.05, 0) is 18.6 Å². The molecule has 0 fully saturated rings. The van der Waals surface area contributed by atoms with E-state index in [4.69, 9.17) is 10.2 Å². The van der Waals surface area contributed by atoms with E-state index in [9.17, 15) is 9.59 Å². The lowest BCUT2D eigenvalue weighted by Crippen LogP contribution is -2.34. The summed E-state index contributed by atoms with van der Waals surface area (Å²) in [6, 6.07) is 3.53. The summed E-state index contributed by atoms with van der Waals surface area (Å²) in [6.45, 7) is 2.70. The average Bonchev–Trinajstić information content (AvgIpc) is 2.87. The Hall–Kier alpha value is -2.44. The second-order valence-electron chi connectivity index (χ2n) is 4.10. The molecule has 0 aromatic carbocycles. The Morgan fingerprint density at radius 2 is 2.26 bits per heavy atom. The summed E-state index contributed by atoms with van der Waals surface area (Å²) >= 11 is 0. The van der Waals surface area contributed by atoms with Gasteiger partial charge in [-0.15, -0.1) is 0 Å². The minimum absolute atomic E-state index is 0.141. The van der Waals surface area contributed by atoms with Crippen LogP contribution >= 0.6 is 0 Å². The number of nitrogens with two attached hydrogens (primary N) is 1. The summed E-state index contributed by atoms with van der Waals surface area (Å²) in [4.78, 5) is 25.6. The maximum Gasteiger partial charge on any atom is 0.330 e. The van der Waals surface area contributed by atoms with Crippen molar-refractivity contribution in [1.29, 1.82) is 0 Å². The number of nitrogens with one attached hydrogen (secondary N) is 2. The molecule has 2 aromatic rings. The van der Waals surface area contributed by atoms with Crippen LogP contribution in [0.15, 0.2) is 32.4 Å². The summed E-state index contributed by atoms with van der Waals surface area (Å²) in [6.07, 6.45) is 2.29. The standard InChI is InChI=1S/C12H16N4O3/c1-2-5-16-10(13)9(11(17)15-12(16)18)14-7-8-4-3-6-19-8/h3-4,6,14H,2,5,7,13H2,1H3,(H,15,17,18). The smallest absolute Gasteiger partial charge is 0.330 e. The fraction of sp³-hybridized carbons (Fsp3) is 0.333. The molecule has 0 radical (unpaired) electrons. The largest absolute Gasteiger partial charge is 0.467 e.